The fourth-order valence-corrected chi connectivity index (χ4v) is 7.60. The zero-order valence-electron chi connectivity index (χ0n) is 28.5. The number of hydrogen-bond acceptors (Lipinski definition) is 12. The third kappa shape index (κ3) is 7.41. The minimum Gasteiger partial charge on any atom is -0.387 e. The number of piperidine rings is 1. The van der Waals surface area contributed by atoms with Crippen LogP contribution in [-0.2, 0) is 20.4 Å². The number of alkyl halides is 3. The summed E-state index contributed by atoms with van der Waals surface area (Å²) in [6.07, 6.45) is -11.0. The van der Waals surface area contributed by atoms with Crippen LogP contribution in [0.5, 0.6) is 0 Å². The van der Waals surface area contributed by atoms with E-state index in [9.17, 15) is 38.4 Å². The molecule has 0 spiro atoms. The van der Waals surface area contributed by atoms with Crippen molar-refractivity contribution in [2.45, 2.75) is 107 Å². The molecule has 0 aliphatic carbocycles. The monoisotopic (exact) mass is 709 g/mol. The average Bonchev–Trinajstić information content (AvgIpc) is 3.80. The van der Waals surface area contributed by atoms with E-state index in [4.69, 9.17) is 14.2 Å². The summed E-state index contributed by atoms with van der Waals surface area (Å²) in [5.74, 6) is -0.0681. The van der Waals surface area contributed by atoms with Crippen LogP contribution in [0.4, 0.5) is 13.2 Å². The summed E-state index contributed by atoms with van der Waals surface area (Å²) in [6, 6.07) is 4.26. The standard InChI is InChI=1S/C34H46F3N5O8/c1-18-15-41(33(4)9-11-40(12-10-33)30(46)24-19(2)38-17-39-20(24)3)13-14-42(18)23(21-5-7-22(8-6-21)34(35,36)37)16-48-32-27(45)25(43)26(44)28(50-32)29-31(47)49-29/h5-8,17-18,23,25-29,31-32,43-45,47H,9-16H2,1-4H3/t18-,23-,25?,26?,27?,28?,29?,31?,32?/m0/s1. The van der Waals surface area contributed by atoms with Crippen LogP contribution in [-0.4, -0.2) is 145 Å². The lowest BCUT2D eigenvalue weighted by Gasteiger charge is -2.53. The number of aromatic nitrogens is 2. The molecule has 0 saturated carbocycles. The summed E-state index contributed by atoms with van der Waals surface area (Å²) in [5, 5.41) is 41.3. The molecule has 16 heteroatoms. The summed E-state index contributed by atoms with van der Waals surface area (Å²) in [6.45, 7) is 10.8. The van der Waals surface area contributed by atoms with Gasteiger partial charge in [-0.3, -0.25) is 14.6 Å². The lowest BCUT2D eigenvalue weighted by molar-refractivity contribution is -0.302. The minimum atomic E-state index is -4.51. The molecule has 0 bridgehead atoms. The SMILES string of the molecule is Cc1ncnc(C)c1C(=O)N1CCC(C)(N2CCN([C@@H](COC3OC(C4OC4O)C(O)C(O)C3O)c3ccc(C(F)(F)F)cc3)[C@@H](C)C2)CC1. The van der Waals surface area contributed by atoms with Crippen molar-refractivity contribution in [3.8, 4) is 0 Å². The summed E-state index contributed by atoms with van der Waals surface area (Å²) in [5.41, 5.74) is 1.45. The van der Waals surface area contributed by atoms with Gasteiger partial charge in [0.05, 0.1) is 35.2 Å². The molecule has 4 aliphatic rings. The maximum atomic E-state index is 13.4. The van der Waals surface area contributed by atoms with Gasteiger partial charge in [-0.15, -0.1) is 0 Å². The van der Waals surface area contributed by atoms with E-state index in [2.05, 4.69) is 26.7 Å². The van der Waals surface area contributed by atoms with E-state index in [0.717, 1.165) is 25.0 Å². The van der Waals surface area contributed by atoms with E-state index in [1.807, 2.05) is 25.7 Å². The van der Waals surface area contributed by atoms with Gasteiger partial charge in [-0.25, -0.2) is 9.97 Å². The third-order valence-electron chi connectivity index (χ3n) is 10.9. The molecule has 50 heavy (non-hydrogen) atoms. The van der Waals surface area contributed by atoms with Crippen molar-refractivity contribution in [3.05, 3.63) is 58.7 Å². The highest BCUT2D eigenvalue weighted by Gasteiger charge is 2.55. The predicted octanol–water partition coefficient (Wildman–Crippen LogP) is 1.40. The van der Waals surface area contributed by atoms with Crippen molar-refractivity contribution >= 4 is 5.91 Å². The number of rotatable bonds is 8. The first-order valence-corrected chi connectivity index (χ1v) is 17.0. The Morgan fingerprint density at radius 3 is 2.14 bits per heavy atom. The Labute approximate surface area is 288 Å². The van der Waals surface area contributed by atoms with Crippen LogP contribution in [0.15, 0.2) is 30.6 Å². The molecule has 276 valence electrons. The summed E-state index contributed by atoms with van der Waals surface area (Å²) in [4.78, 5) is 28.2. The number of carbonyl (C=O) groups excluding carboxylic acids is 1. The van der Waals surface area contributed by atoms with Crippen LogP contribution in [0.25, 0.3) is 0 Å². The third-order valence-corrected chi connectivity index (χ3v) is 10.9. The van der Waals surface area contributed by atoms with Crippen molar-refractivity contribution in [1.29, 1.82) is 0 Å². The minimum absolute atomic E-state index is 0.0681. The van der Waals surface area contributed by atoms with Crippen molar-refractivity contribution in [2.75, 3.05) is 39.3 Å². The van der Waals surface area contributed by atoms with Crippen molar-refractivity contribution in [2.24, 2.45) is 0 Å². The first-order valence-electron chi connectivity index (χ1n) is 17.0. The number of carbonyl (C=O) groups is 1. The first kappa shape index (κ1) is 37.0. The van der Waals surface area contributed by atoms with Crippen LogP contribution in [0, 0.1) is 13.8 Å². The molecular weight excluding hydrogens is 663 g/mol. The van der Waals surface area contributed by atoms with E-state index < -0.39 is 60.9 Å². The van der Waals surface area contributed by atoms with Gasteiger partial charge in [0.15, 0.2) is 12.6 Å². The molecule has 5 heterocycles. The number of likely N-dealkylation sites (tertiary alicyclic amines) is 1. The van der Waals surface area contributed by atoms with Gasteiger partial charge in [0.25, 0.3) is 5.91 Å². The van der Waals surface area contributed by atoms with Gasteiger partial charge in [-0.1, -0.05) is 12.1 Å². The molecule has 2 aromatic rings. The number of amides is 1. The Morgan fingerprint density at radius 2 is 1.58 bits per heavy atom. The molecule has 4 saturated heterocycles. The quantitative estimate of drug-likeness (QED) is 0.292. The summed E-state index contributed by atoms with van der Waals surface area (Å²) in [7, 11) is 0. The fraction of sp³-hybridized carbons (Fsp3) is 0.676. The highest BCUT2D eigenvalue weighted by molar-refractivity contribution is 5.96. The molecule has 9 atom stereocenters. The van der Waals surface area contributed by atoms with Crippen LogP contribution in [0.2, 0.25) is 0 Å². The maximum Gasteiger partial charge on any atom is 0.416 e. The van der Waals surface area contributed by atoms with Crippen molar-refractivity contribution in [3.63, 3.8) is 0 Å². The zero-order valence-corrected chi connectivity index (χ0v) is 28.5. The summed E-state index contributed by atoms with van der Waals surface area (Å²) >= 11 is 0. The lowest BCUT2D eigenvalue weighted by atomic mass is 9.86. The van der Waals surface area contributed by atoms with Crippen LogP contribution in [0.3, 0.4) is 0 Å². The second-order valence-electron chi connectivity index (χ2n) is 14.1. The smallest absolute Gasteiger partial charge is 0.387 e. The molecule has 1 aromatic heterocycles. The Morgan fingerprint density at radius 1 is 0.960 bits per heavy atom. The highest BCUT2D eigenvalue weighted by atomic mass is 19.4. The largest absolute Gasteiger partial charge is 0.416 e. The highest BCUT2D eigenvalue weighted by Crippen LogP contribution is 2.37. The van der Waals surface area contributed by atoms with Crippen LogP contribution < -0.4 is 0 Å². The van der Waals surface area contributed by atoms with Gasteiger partial charge >= 0.3 is 6.18 Å². The van der Waals surface area contributed by atoms with Crippen molar-refractivity contribution < 1.29 is 52.6 Å². The van der Waals surface area contributed by atoms with Crippen LogP contribution in [0.1, 0.15) is 65.6 Å². The van der Waals surface area contributed by atoms with Gasteiger partial charge in [0, 0.05) is 44.3 Å². The first-order chi connectivity index (χ1) is 23.6. The number of aliphatic hydroxyl groups excluding tert-OH is 4. The Kier molecular flexibility index (Phi) is 10.6. The molecule has 4 N–H and O–H groups in total. The normalized spacial score (nSPS) is 32.9. The van der Waals surface area contributed by atoms with Crippen LogP contribution >= 0.6 is 0 Å². The topological polar surface area (TPSA) is 164 Å². The van der Waals surface area contributed by atoms with Gasteiger partial charge in [-0.2, -0.15) is 13.2 Å². The lowest BCUT2D eigenvalue weighted by Crippen LogP contribution is -2.63. The summed E-state index contributed by atoms with van der Waals surface area (Å²) < 4.78 is 57.1. The number of hydrogen-bond donors (Lipinski definition) is 4. The van der Waals surface area contributed by atoms with Gasteiger partial charge in [0.2, 0.25) is 0 Å². The van der Waals surface area contributed by atoms with Crippen molar-refractivity contribution in [1.82, 2.24) is 24.7 Å². The van der Waals surface area contributed by atoms with E-state index in [1.165, 1.54) is 18.5 Å². The number of aliphatic hydroxyl groups is 4. The van der Waals surface area contributed by atoms with E-state index >= 15 is 0 Å². The zero-order chi connectivity index (χ0) is 36.1. The Balaban J connectivity index is 1.14. The fourth-order valence-electron chi connectivity index (χ4n) is 7.60. The molecular formula is C34H46F3N5O8. The number of ether oxygens (including phenoxy) is 3. The number of epoxide rings is 1. The molecule has 4 aliphatic heterocycles. The number of piperazine rings is 1. The van der Waals surface area contributed by atoms with Gasteiger partial charge in [-0.05, 0) is 58.2 Å². The number of nitrogens with zero attached hydrogens (tertiary/aromatic N) is 5. The Hall–Kier alpha value is -2.80. The Bertz CT molecular complexity index is 1490. The average molecular weight is 710 g/mol. The van der Waals surface area contributed by atoms with E-state index in [1.54, 1.807) is 0 Å². The molecule has 7 unspecified atom stereocenters. The number of aryl methyl sites for hydroxylation is 2. The second-order valence-corrected chi connectivity index (χ2v) is 14.1. The molecule has 1 amide bonds. The van der Waals surface area contributed by atoms with E-state index in [-0.39, 0.29) is 24.1 Å². The predicted molar refractivity (Wildman–Crippen MR) is 170 cm³/mol. The number of benzene rings is 1. The molecule has 1 aromatic carbocycles. The molecule has 0 radical (unpaired) electrons. The second kappa shape index (κ2) is 14.3. The molecule has 6 rings (SSSR count). The van der Waals surface area contributed by atoms with Gasteiger partial charge < -0.3 is 39.5 Å². The van der Waals surface area contributed by atoms with Gasteiger partial charge in [0.1, 0.15) is 36.8 Å². The molecule has 4 fully saturated rings. The number of halogens is 3. The van der Waals surface area contributed by atoms with E-state index in [0.29, 0.717) is 55.2 Å². The molecule has 13 nitrogen and oxygen atoms in total. The maximum absolute atomic E-state index is 13.4.